The molecular weight excluding hydrogens is 390 g/mol. The molecule has 29 heavy (non-hydrogen) atoms. The summed E-state index contributed by atoms with van der Waals surface area (Å²) in [5, 5.41) is 2.59. The lowest BCUT2D eigenvalue weighted by molar-refractivity contribution is -0.148. The first-order valence-electron chi connectivity index (χ1n) is 9.36. The molecule has 0 saturated carbocycles. The predicted octanol–water partition coefficient (Wildman–Crippen LogP) is 3.19. The van der Waals surface area contributed by atoms with Gasteiger partial charge in [0.1, 0.15) is 0 Å². The maximum Gasteiger partial charge on any atom is 0.306 e. The number of carbonyl (C=O) groups is 4. The Morgan fingerprint density at radius 2 is 1.76 bits per heavy atom. The number of ether oxygens (including phenoxy) is 1. The fourth-order valence-electron chi connectivity index (χ4n) is 2.86. The summed E-state index contributed by atoms with van der Waals surface area (Å²) < 4.78 is 4.94. The molecular formula is C22H25NO5S. The van der Waals surface area contributed by atoms with Crippen LogP contribution in [0.3, 0.4) is 0 Å². The second-order valence-corrected chi connectivity index (χ2v) is 8.29. The molecule has 0 unspecified atom stereocenters. The van der Waals surface area contributed by atoms with Gasteiger partial charge in [-0.2, -0.15) is 0 Å². The monoisotopic (exact) mass is 415 g/mol. The molecule has 7 heteroatoms. The van der Waals surface area contributed by atoms with Crippen LogP contribution in [0.15, 0.2) is 36.4 Å². The normalized spacial score (nSPS) is 11.6. The molecule has 6 nitrogen and oxygen atoms in total. The van der Waals surface area contributed by atoms with Crippen molar-refractivity contribution in [2.45, 2.75) is 46.1 Å². The second-order valence-electron chi connectivity index (χ2n) is 6.83. The molecule has 0 bridgehead atoms. The van der Waals surface area contributed by atoms with Crippen molar-refractivity contribution in [2.24, 2.45) is 0 Å². The first-order chi connectivity index (χ1) is 13.8. The third-order valence-corrected chi connectivity index (χ3v) is 5.34. The van der Waals surface area contributed by atoms with Crippen LogP contribution in [-0.4, -0.2) is 36.1 Å². The van der Waals surface area contributed by atoms with Crippen LogP contribution in [0.1, 0.15) is 45.4 Å². The molecule has 2 aromatic rings. The number of nitrogens with one attached hydrogen (secondary N) is 1. The van der Waals surface area contributed by atoms with Crippen molar-refractivity contribution < 1.29 is 23.9 Å². The van der Waals surface area contributed by atoms with Gasteiger partial charge in [0.05, 0.1) is 12.5 Å². The minimum Gasteiger partial charge on any atom is -0.456 e. The molecule has 2 rings (SSSR count). The van der Waals surface area contributed by atoms with Crippen LogP contribution in [-0.2, 0) is 25.5 Å². The van der Waals surface area contributed by atoms with Crippen LogP contribution in [0.4, 0.5) is 0 Å². The zero-order valence-corrected chi connectivity index (χ0v) is 17.6. The molecule has 0 radical (unpaired) electrons. The third kappa shape index (κ3) is 7.27. The van der Waals surface area contributed by atoms with E-state index >= 15 is 0 Å². The Labute approximate surface area is 174 Å². The molecule has 0 saturated heterocycles. The number of amides is 1. The Hall–Kier alpha value is -2.80. The first-order valence-corrected chi connectivity index (χ1v) is 10.2. The third-order valence-electron chi connectivity index (χ3n) is 4.37. The number of esters is 1. The zero-order valence-electron chi connectivity index (χ0n) is 16.8. The van der Waals surface area contributed by atoms with Crippen molar-refractivity contribution in [1.29, 1.82) is 0 Å². The van der Waals surface area contributed by atoms with E-state index in [4.69, 9.17) is 4.74 Å². The van der Waals surface area contributed by atoms with Crippen molar-refractivity contribution in [3.63, 3.8) is 0 Å². The van der Waals surface area contributed by atoms with Crippen molar-refractivity contribution in [2.75, 3.05) is 6.61 Å². The van der Waals surface area contributed by atoms with E-state index in [1.54, 1.807) is 0 Å². The average Bonchev–Trinajstić information content (AvgIpc) is 3.02. The van der Waals surface area contributed by atoms with Gasteiger partial charge in [0.2, 0.25) is 0 Å². The predicted molar refractivity (Wildman–Crippen MR) is 111 cm³/mol. The summed E-state index contributed by atoms with van der Waals surface area (Å²) in [5.41, 5.74) is 1.55. The smallest absolute Gasteiger partial charge is 0.306 e. The number of aryl methyl sites for hydroxylation is 2. The fraction of sp³-hybridized carbons (Fsp3) is 0.364. The highest BCUT2D eigenvalue weighted by atomic mass is 32.1. The largest absolute Gasteiger partial charge is 0.456 e. The minimum absolute atomic E-state index is 0.0293. The molecule has 1 atom stereocenters. The molecule has 0 fully saturated rings. The summed E-state index contributed by atoms with van der Waals surface area (Å²) in [7, 11) is 0. The van der Waals surface area contributed by atoms with E-state index in [-0.39, 0.29) is 24.4 Å². The zero-order chi connectivity index (χ0) is 21.4. The Balaban J connectivity index is 1.76. The van der Waals surface area contributed by atoms with Gasteiger partial charge in [-0.25, -0.2) is 0 Å². The number of Topliss-reactive ketones (excluding diaryl/α,β-unsaturated/α-hetero) is 2. The maximum atomic E-state index is 12.2. The van der Waals surface area contributed by atoms with Gasteiger partial charge in [0.25, 0.3) is 5.91 Å². The van der Waals surface area contributed by atoms with Crippen LogP contribution in [0, 0.1) is 13.8 Å². The number of hydrogen-bond acceptors (Lipinski definition) is 6. The molecule has 1 aromatic carbocycles. The lowest BCUT2D eigenvalue weighted by Gasteiger charge is -2.16. The number of rotatable bonds is 10. The van der Waals surface area contributed by atoms with Crippen LogP contribution in [0.5, 0.6) is 0 Å². The summed E-state index contributed by atoms with van der Waals surface area (Å²) in [6.45, 7) is 4.71. The van der Waals surface area contributed by atoms with Gasteiger partial charge in [-0.05, 0) is 38.8 Å². The fourth-order valence-corrected chi connectivity index (χ4v) is 3.80. The summed E-state index contributed by atoms with van der Waals surface area (Å²) >= 11 is 1.54. The quantitative estimate of drug-likeness (QED) is 0.475. The maximum absolute atomic E-state index is 12.2. The van der Waals surface area contributed by atoms with E-state index in [9.17, 15) is 19.2 Å². The topological polar surface area (TPSA) is 89.5 Å². The highest BCUT2D eigenvalue weighted by Gasteiger charge is 2.19. The molecule has 1 N–H and O–H groups in total. The van der Waals surface area contributed by atoms with Gasteiger partial charge in [0, 0.05) is 21.7 Å². The molecule has 0 aliphatic rings. The molecule has 0 spiro atoms. The van der Waals surface area contributed by atoms with E-state index < -0.39 is 24.5 Å². The van der Waals surface area contributed by atoms with Gasteiger partial charge in [-0.1, -0.05) is 30.3 Å². The summed E-state index contributed by atoms with van der Waals surface area (Å²) in [6, 6.07) is 10.5. The van der Waals surface area contributed by atoms with Gasteiger partial charge in [0.15, 0.2) is 18.2 Å². The lowest BCUT2D eigenvalue weighted by atomic mass is 10.0. The second kappa shape index (κ2) is 10.7. The highest BCUT2D eigenvalue weighted by molar-refractivity contribution is 7.12. The van der Waals surface area contributed by atoms with E-state index in [0.29, 0.717) is 12.0 Å². The number of hydrogen-bond donors (Lipinski definition) is 1. The van der Waals surface area contributed by atoms with Crippen molar-refractivity contribution in [1.82, 2.24) is 5.32 Å². The standard InChI is InChI=1S/C22H25NO5S/c1-14-11-18(16(3)29-14)20(25)9-10-22(27)28-13-21(26)23-19(15(2)24)12-17-7-5-4-6-8-17/h4-8,11,19H,9-10,12-13H2,1-3H3,(H,23,26)/t19-/m0/s1. The van der Waals surface area contributed by atoms with Gasteiger partial charge in [-0.3, -0.25) is 19.2 Å². The van der Waals surface area contributed by atoms with Crippen LogP contribution < -0.4 is 5.32 Å². The Kier molecular flexibility index (Phi) is 8.27. The summed E-state index contributed by atoms with van der Waals surface area (Å²) in [4.78, 5) is 49.9. The summed E-state index contributed by atoms with van der Waals surface area (Å²) in [6.07, 6.45) is 0.298. The number of carbonyl (C=O) groups excluding carboxylic acids is 4. The van der Waals surface area contributed by atoms with E-state index in [1.165, 1.54) is 18.3 Å². The van der Waals surface area contributed by atoms with E-state index in [2.05, 4.69) is 5.32 Å². The SMILES string of the molecule is CC(=O)[C@H](Cc1ccccc1)NC(=O)COC(=O)CCC(=O)c1cc(C)sc1C. The van der Waals surface area contributed by atoms with E-state index in [0.717, 1.165) is 15.3 Å². The Morgan fingerprint density at radius 1 is 1.07 bits per heavy atom. The molecule has 1 aromatic heterocycles. The van der Waals surface area contributed by atoms with Crippen molar-refractivity contribution >= 4 is 34.8 Å². The Bertz CT molecular complexity index is 888. The molecule has 1 heterocycles. The van der Waals surface area contributed by atoms with Crippen LogP contribution >= 0.6 is 11.3 Å². The number of benzene rings is 1. The van der Waals surface area contributed by atoms with Gasteiger partial charge in [-0.15, -0.1) is 11.3 Å². The first kappa shape index (κ1) is 22.5. The van der Waals surface area contributed by atoms with Crippen molar-refractivity contribution in [3.05, 3.63) is 57.3 Å². The molecule has 0 aliphatic heterocycles. The van der Waals surface area contributed by atoms with Crippen LogP contribution in [0.2, 0.25) is 0 Å². The average molecular weight is 416 g/mol. The number of ketones is 2. The Morgan fingerprint density at radius 3 is 2.34 bits per heavy atom. The van der Waals surface area contributed by atoms with Crippen molar-refractivity contribution in [3.8, 4) is 0 Å². The highest BCUT2D eigenvalue weighted by Crippen LogP contribution is 2.22. The summed E-state index contributed by atoms with van der Waals surface area (Å²) in [5.74, 6) is -1.47. The number of thiophene rings is 1. The molecule has 154 valence electrons. The lowest BCUT2D eigenvalue weighted by Crippen LogP contribution is -2.43. The van der Waals surface area contributed by atoms with Gasteiger partial charge >= 0.3 is 5.97 Å². The molecule has 0 aliphatic carbocycles. The van der Waals surface area contributed by atoms with Gasteiger partial charge < -0.3 is 10.1 Å². The van der Waals surface area contributed by atoms with E-state index in [1.807, 2.05) is 50.2 Å². The minimum atomic E-state index is -0.685. The van der Waals surface area contributed by atoms with Crippen LogP contribution in [0.25, 0.3) is 0 Å². The molecule has 1 amide bonds.